The highest BCUT2D eigenvalue weighted by Gasteiger charge is 2.14. The van der Waals surface area contributed by atoms with Crippen molar-refractivity contribution >= 4 is 16.5 Å². The third-order valence-corrected chi connectivity index (χ3v) is 3.42. The second kappa shape index (κ2) is 4.71. The van der Waals surface area contributed by atoms with Gasteiger partial charge in [-0.05, 0) is 25.1 Å². The quantitative estimate of drug-likeness (QED) is 0.910. The highest BCUT2D eigenvalue weighted by atomic mass is 32.1. The predicted molar refractivity (Wildman–Crippen MR) is 68.3 cm³/mol. The Hall–Kier alpha value is -1.62. The van der Waals surface area contributed by atoms with E-state index >= 15 is 0 Å². The number of nitrogens with zero attached hydrogens (tertiary/aromatic N) is 1. The number of ether oxygens (including phenoxy) is 1. The summed E-state index contributed by atoms with van der Waals surface area (Å²) in [7, 11) is 3.38. The zero-order chi connectivity index (χ0) is 12.4. The van der Waals surface area contributed by atoms with Crippen molar-refractivity contribution in [2.75, 3.05) is 19.5 Å². The van der Waals surface area contributed by atoms with Crippen LogP contribution in [0.1, 0.15) is 4.88 Å². The lowest BCUT2D eigenvalue weighted by Gasteiger charge is -2.06. The van der Waals surface area contributed by atoms with E-state index in [1.165, 1.54) is 23.5 Å². The highest BCUT2D eigenvalue weighted by Crippen LogP contribution is 2.35. The van der Waals surface area contributed by atoms with Gasteiger partial charge in [0.25, 0.3) is 0 Å². The first kappa shape index (κ1) is 11.9. The first-order chi connectivity index (χ1) is 8.15. The van der Waals surface area contributed by atoms with E-state index in [0.29, 0.717) is 11.3 Å². The van der Waals surface area contributed by atoms with Crippen molar-refractivity contribution in [1.29, 1.82) is 0 Å². The number of anilines is 1. The van der Waals surface area contributed by atoms with Gasteiger partial charge in [-0.25, -0.2) is 9.37 Å². The minimum atomic E-state index is -0.292. The fraction of sp³-hybridized carbons (Fsp3) is 0.250. The minimum absolute atomic E-state index is 0.292. The normalized spacial score (nSPS) is 10.4. The lowest BCUT2D eigenvalue weighted by molar-refractivity contribution is 0.415. The Kier molecular flexibility index (Phi) is 3.28. The van der Waals surface area contributed by atoms with Crippen molar-refractivity contribution in [1.82, 2.24) is 4.98 Å². The molecule has 0 radical (unpaired) electrons. The molecule has 0 fully saturated rings. The summed E-state index contributed by atoms with van der Waals surface area (Å²) in [6.07, 6.45) is 0. The molecule has 0 aliphatic heterocycles. The van der Waals surface area contributed by atoms with Crippen LogP contribution in [0.25, 0.3) is 11.3 Å². The number of halogens is 1. The summed E-state index contributed by atoms with van der Waals surface area (Å²) in [4.78, 5) is 5.44. The van der Waals surface area contributed by atoms with Crippen molar-refractivity contribution in [2.45, 2.75) is 6.92 Å². The summed E-state index contributed by atoms with van der Waals surface area (Å²) < 4.78 is 18.5. The van der Waals surface area contributed by atoms with Crippen LogP contribution in [0, 0.1) is 12.7 Å². The van der Waals surface area contributed by atoms with Crippen molar-refractivity contribution in [2.24, 2.45) is 0 Å². The third kappa shape index (κ3) is 2.24. The average Bonchev–Trinajstić information content (AvgIpc) is 2.70. The molecule has 0 spiro atoms. The van der Waals surface area contributed by atoms with Crippen molar-refractivity contribution in [3.8, 4) is 17.0 Å². The zero-order valence-corrected chi connectivity index (χ0v) is 10.7. The van der Waals surface area contributed by atoms with Gasteiger partial charge in [0.2, 0.25) is 0 Å². The van der Waals surface area contributed by atoms with Crippen LogP contribution in [0.5, 0.6) is 5.75 Å². The Balaban J connectivity index is 2.58. The topological polar surface area (TPSA) is 34.2 Å². The summed E-state index contributed by atoms with van der Waals surface area (Å²) in [5, 5.41) is 3.79. The molecule has 1 heterocycles. The summed E-state index contributed by atoms with van der Waals surface area (Å²) >= 11 is 1.53. The molecule has 0 amide bonds. The second-order valence-electron chi connectivity index (χ2n) is 3.52. The molecule has 1 aromatic carbocycles. The second-order valence-corrected chi connectivity index (χ2v) is 4.72. The molecule has 2 rings (SSSR count). The number of aromatic nitrogens is 1. The molecular formula is C12H13FN2OS. The molecule has 0 unspecified atom stereocenters. The summed E-state index contributed by atoms with van der Waals surface area (Å²) in [6, 6.07) is 4.44. The molecule has 5 heteroatoms. The summed E-state index contributed by atoms with van der Waals surface area (Å²) in [6.45, 7) is 1.96. The first-order valence-electron chi connectivity index (χ1n) is 5.14. The molecule has 1 aromatic heterocycles. The molecule has 0 saturated heterocycles. The van der Waals surface area contributed by atoms with Crippen LogP contribution in [-0.2, 0) is 0 Å². The number of nitrogens with one attached hydrogen (secondary N) is 1. The van der Waals surface area contributed by atoms with E-state index in [2.05, 4.69) is 10.3 Å². The predicted octanol–water partition coefficient (Wildman–Crippen LogP) is 3.31. The van der Waals surface area contributed by atoms with E-state index in [1.807, 2.05) is 14.0 Å². The molecule has 17 heavy (non-hydrogen) atoms. The monoisotopic (exact) mass is 252 g/mol. The van der Waals surface area contributed by atoms with Gasteiger partial charge in [-0.1, -0.05) is 0 Å². The standard InChI is InChI=1S/C12H13FN2OS/c1-7-11(15-12(14-2)17-7)9-6-8(13)4-5-10(9)16-3/h4-6H,1-3H3,(H,14,15). The first-order valence-corrected chi connectivity index (χ1v) is 5.96. The average molecular weight is 252 g/mol. The number of hydrogen-bond donors (Lipinski definition) is 1. The Morgan fingerprint density at radius 1 is 1.41 bits per heavy atom. The van der Waals surface area contributed by atoms with E-state index < -0.39 is 0 Å². The maximum Gasteiger partial charge on any atom is 0.183 e. The molecule has 90 valence electrons. The van der Waals surface area contributed by atoms with Crippen LogP contribution in [0.3, 0.4) is 0 Å². The van der Waals surface area contributed by atoms with Crippen molar-refractivity contribution in [3.05, 3.63) is 28.9 Å². The Labute approximate surface area is 103 Å². The number of thiazole rings is 1. The third-order valence-electron chi connectivity index (χ3n) is 2.43. The van der Waals surface area contributed by atoms with Gasteiger partial charge >= 0.3 is 0 Å². The maximum absolute atomic E-state index is 13.3. The van der Waals surface area contributed by atoms with Crippen molar-refractivity contribution < 1.29 is 9.13 Å². The van der Waals surface area contributed by atoms with Crippen LogP contribution in [0.4, 0.5) is 9.52 Å². The van der Waals surface area contributed by atoms with E-state index in [0.717, 1.165) is 15.7 Å². The summed E-state index contributed by atoms with van der Waals surface area (Å²) in [5.74, 6) is 0.335. The molecule has 0 saturated carbocycles. The molecular weight excluding hydrogens is 239 g/mol. The SMILES string of the molecule is CNc1nc(-c2cc(F)ccc2OC)c(C)s1. The molecule has 1 N–H and O–H groups in total. The van der Waals surface area contributed by atoms with Crippen LogP contribution < -0.4 is 10.1 Å². The van der Waals surface area contributed by atoms with Gasteiger partial charge in [0.05, 0.1) is 12.8 Å². The fourth-order valence-electron chi connectivity index (χ4n) is 1.62. The largest absolute Gasteiger partial charge is 0.496 e. The number of methoxy groups -OCH3 is 1. The molecule has 0 bridgehead atoms. The van der Waals surface area contributed by atoms with E-state index in [-0.39, 0.29) is 5.82 Å². The Morgan fingerprint density at radius 2 is 2.18 bits per heavy atom. The van der Waals surface area contributed by atoms with Gasteiger partial charge in [0.1, 0.15) is 11.6 Å². The maximum atomic E-state index is 13.3. The van der Waals surface area contributed by atoms with Gasteiger partial charge in [-0.15, -0.1) is 11.3 Å². The fourth-order valence-corrected chi connectivity index (χ4v) is 2.40. The van der Waals surface area contributed by atoms with Crippen LogP contribution in [-0.4, -0.2) is 19.1 Å². The Bertz CT molecular complexity index is 539. The molecule has 3 nitrogen and oxygen atoms in total. The van der Waals surface area contributed by atoms with Gasteiger partial charge in [0.15, 0.2) is 5.13 Å². The number of aryl methyl sites for hydroxylation is 1. The van der Waals surface area contributed by atoms with E-state index in [4.69, 9.17) is 4.74 Å². The van der Waals surface area contributed by atoms with Gasteiger partial charge in [-0.2, -0.15) is 0 Å². The van der Waals surface area contributed by atoms with Gasteiger partial charge < -0.3 is 10.1 Å². The number of benzene rings is 1. The lowest BCUT2D eigenvalue weighted by Crippen LogP contribution is -1.91. The Morgan fingerprint density at radius 3 is 2.76 bits per heavy atom. The van der Waals surface area contributed by atoms with Crippen LogP contribution in [0.2, 0.25) is 0 Å². The molecule has 0 atom stereocenters. The highest BCUT2D eigenvalue weighted by molar-refractivity contribution is 7.16. The molecule has 0 aliphatic carbocycles. The van der Waals surface area contributed by atoms with Crippen molar-refractivity contribution in [3.63, 3.8) is 0 Å². The smallest absolute Gasteiger partial charge is 0.183 e. The van der Waals surface area contributed by atoms with Gasteiger partial charge in [-0.3, -0.25) is 0 Å². The molecule has 0 aliphatic rings. The molecule has 2 aromatic rings. The number of rotatable bonds is 3. The number of hydrogen-bond acceptors (Lipinski definition) is 4. The summed E-state index contributed by atoms with van der Waals surface area (Å²) in [5.41, 5.74) is 1.44. The van der Waals surface area contributed by atoms with E-state index in [9.17, 15) is 4.39 Å². The van der Waals surface area contributed by atoms with Crippen LogP contribution >= 0.6 is 11.3 Å². The van der Waals surface area contributed by atoms with E-state index in [1.54, 1.807) is 13.2 Å². The minimum Gasteiger partial charge on any atom is -0.496 e. The zero-order valence-electron chi connectivity index (χ0n) is 9.87. The van der Waals surface area contributed by atoms with Crippen LogP contribution in [0.15, 0.2) is 18.2 Å². The van der Waals surface area contributed by atoms with Gasteiger partial charge in [0, 0.05) is 17.5 Å². The lowest BCUT2D eigenvalue weighted by atomic mass is 10.1.